The Bertz CT molecular complexity index is 132. The second-order valence-electron chi connectivity index (χ2n) is 1.84. The van der Waals surface area contributed by atoms with Crippen molar-refractivity contribution < 1.29 is 31.8 Å². The third-order valence-electron chi connectivity index (χ3n) is 0.837. The summed E-state index contributed by atoms with van der Waals surface area (Å²) < 4.78 is 68.7. The molecule has 0 aliphatic rings. The second kappa shape index (κ2) is 3.07. The standard InChI is InChI=1S/C3H4F6N2.H2O/c4-1(5,2(6,7)8)3(9,10)11;/h10-11H2;1H2. The zero-order valence-corrected chi connectivity index (χ0v) is 5.42. The minimum Gasteiger partial charge on any atom is -0.412 e. The topological polar surface area (TPSA) is 83.5 Å². The van der Waals surface area contributed by atoms with Gasteiger partial charge in [0.2, 0.25) is 0 Å². The van der Waals surface area contributed by atoms with Crippen LogP contribution in [-0.2, 0) is 0 Å². The van der Waals surface area contributed by atoms with Crippen molar-refractivity contribution in [2.45, 2.75) is 18.0 Å². The summed E-state index contributed by atoms with van der Waals surface area (Å²) in [4.78, 5) is 0. The van der Waals surface area contributed by atoms with E-state index in [4.69, 9.17) is 0 Å². The summed E-state index contributed by atoms with van der Waals surface area (Å²) in [5.74, 6) is -10.3. The molecule has 0 saturated carbocycles. The maximum atomic E-state index is 11.7. The average Bonchev–Trinajstić information content (AvgIpc) is 1.58. The van der Waals surface area contributed by atoms with E-state index in [1.54, 1.807) is 0 Å². The molecule has 6 N–H and O–H groups in total. The van der Waals surface area contributed by atoms with E-state index < -0.39 is 18.0 Å². The Morgan fingerprint density at radius 2 is 1.00 bits per heavy atom. The van der Waals surface area contributed by atoms with Crippen LogP contribution in [0.2, 0.25) is 0 Å². The van der Waals surface area contributed by atoms with Crippen molar-refractivity contribution in [3.8, 4) is 0 Å². The molecule has 0 heterocycles. The highest BCUT2D eigenvalue weighted by molar-refractivity contribution is 4.89. The van der Waals surface area contributed by atoms with Crippen molar-refractivity contribution in [3.05, 3.63) is 0 Å². The van der Waals surface area contributed by atoms with Gasteiger partial charge in [0.15, 0.2) is 0 Å². The fourth-order valence-electron chi connectivity index (χ4n) is 0.217. The normalized spacial score (nSPS) is 14.0. The summed E-state index contributed by atoms with van der Waals surface area (Å²) in [5, 5.41) is 0. The third-order valence-corrected chi connectivity index (χ3v) is 0.837. The van der Waals surface area contributed by atoms with Gasteiger partial charge in [0, 0.05) is 0 Å². The zero-order valence-electron chi connectivity index (χ0n) is 5.42. The fourth-order valence-corrected chi connectivity index (χ4v) is 0.217. The maximum absolute atomic E-state index is 11.7. The number of hydrogen-bond donors (Lipinski definition) is 2. The molecule has 0 saturated heterocycles. The summed E-state index contributed by atoms with van der Waals surface area (Å²) in [5.41, 5.74) is 7.48. The highest BCUT2D eigenvalue weighted by Gasteiger charge is 2.69. The first-order valence-corrected chi connectivity index (χ1v) is 2.21. The molecule has 12 heavy (non-hydrogen) atoms. The predicted molar refractivity (Wildman–Crippen MR) is 26.8 cm³/mol. The summed E-state index contributed by atoms with van der Waals surface area (Å²) in [6, 6.07) is 0. The zero-order chi connectivity index (χ0) is 9.50. The van der Waals surface area contributed by atoms with Gasteiger partial charge in [-0.15, -0.1) is 0 Å². The van der Waals surface area contributed by atoms with E-state index in [0.29, 0.717) is 0 Å². The van der Waals surface area contributed by atoms with E-state index in [0.717, 1.165) is 0 Å². The van der Waals surface area contributed by atoms with Crippen molar-refractivity contribution in [2.24, 2.45) is 11.5 Å². The first kappa shape index (κ1) is 14.0. The number of halogens is 6. The molecule has 0 atom stereocenters. The van der Waals surface area contributed by atoms with Gasteiger partial charge in [-0.25, -0.2) is 4.39 Å². The first-order chi connectivity index (χ1) is 4.50. The maximum Gasteiger partial charge on any atom is 0.459 e. The van der Waals surface area contributed by atoms with Gasteiger partial charge in [0.1, 0.15) is 0 Å². The number of hydrogen-bond acceptors (Lipinski definition) is 2. The number of alkyl halides is 6. The van der Waals surface area contributed by atoms with Gasteiger partial charge < -0.3 is 5.48 Å². The average molecular weight is 200 g/mol. The van der Waals surface area contributed by atoms with E-state index in [1.807, 2.05) is 0 Å². The Morgan fingerprint density at radius 1 is 0.750 bits per heavy atom. The van der Waals surface area contributed by atoms with Gasteiger partial charge in [-0.3, -0.25) is 11.5 Å². The molecule has 0 aromatic heterocycles. The molecule has 0 radical (unpaired) electrons. The van der Waals surface area contributed by atoms with Crippen LogP contribution in [0.4, 0.5) is 26.3 Å². The Kier molecular flexibility index (Phi) is 3.59. The van der Waals surface area contributed by atoms with Crippen molar-refractivity contribution in [2.75, 3.05) is 0 Å². The molecule has 0 bridgehead atoms. The largest absolute Gasteiger partial charge is 0.459 e. The first-order valence-electron chi connectivity index (χ1n) is 2.21. The molecule has 0 aliphatic heterocycles. The predicted octanol–water partition coefficient (Wildman–Crippen LogP) is -0.100. The highest BCUT2D eigenvalue weighted by atomic mass is 19.4. The SMILES string of the molecule is NC(N)(F)C(F)(F)C(F)(F)F.O. The van der Waals surface area contributed by atoms with E-state index in [-0.39, 0.29) is 5.48 Å². The van der Waals surface area contributed by atoms with Crippen molar-refractivity contribution in [1.82, 2.24) is 0 Å². The number of nitrogens with two attached hydrogens (primary N) is 2. The van der Waals surface area contributed by atoms with Gasteiger partial charge in [-0.2, -0.15) is 22.0 Å². The Balaban J connectivity index is 0. The quantitative estimate of drug-likeness (QED) is 0.352. The molecular weight excluding hydrogens is 194 g/mol. The van der Waals surface area contributed by atoms with E-state index in [9.17, 15) is 26.3 Å². The van der Waals surface area contributed by atoms with Crippen LogP contribution in [0.1, 0.15) is 0 Å². The molecule has 0 aromatic carbocycles. The third kappa shape index (κ3) is 2.22. The van der Waals surface area contributed by atoms with Crippen LogP contribution in [-0.4, -0.2) is 23.5 Å². The minimum absolute atomic E-state index is 0. The lowest BCUT2D eigenvalue weighted by Gasteiger charge is -2.27. The molecule has 0 spiro atoms. The molecule has 0 rings (SSSR count). The summed E-state index contributed by atoms with van der Waals surface area (Å²) in [7, 11) is 0. The molecule has 0 amide bonds. The molecule has 0 fully saturated rings. The highest BCUT2D eigenvalue weighted by Crippen LogP contribution is 2.40. The molecular formula is C3H6F6N2O. The van der Waals surface area contributed by atoms with Crippen LogP contribution in [0.15, 0.2) is 0 Å². The van der Waals surface area contributed by atoms with Crippen LogP contribution < -0.4 is 11.5 Å². The van der Waals surface area contributed by atoms with Gasteiger partial charge in [-0.1, -0.05) is 0 Å². The van der Waals surface area contributed by atoms with Crippen LogP contribution >= 0.6 is 0 Å². The van der Waals surface area contributed by atoms with Crippen molar-refractivity contribution in [1.29, 1.82) is 0 Å². The fraction of sp³-hybridized carbons (Fsp3) is 1.00. The van der Waals surface area contributed by atoms with Crippen molar-refractivity contribution >= 4 is 0 Å². The molecule has 76 valence electrons. The lowest BCUT2D eigenvalue weighted by Crippen LogP contribution is -2.65. The van der Waals surface area contributed by atoms with E-state index >= 15 is 0 Å². The van der Waals surface area contributed by atoms with Gasteiger partial charge in [0.25, 0.3) is 5.92 Å². The molecule has 0 unspecified atom stereocenters. The summed E-state index contributed by atoms with van der Waals surface area (Å²) in [6.45, 7) is 0. The minimum atomic E-state index is -6.08. The Labute approximate surface area is 62.6 Å². The smallest absolute Gasteiger partial charge is 0.412 e. The Morgan fingerprint density at radius 3 is 1.00 bits per heavy atom. The molecule has 9 heteroatoms. The summed E-state index contributed by atoms with van der Waals surface area (Å²) >= 11 is 0. The van der Waals surface area contributed by atoms with Crippen LogP contribution in [0.3, 0.4) is 0 Å². The number of rotatable bonds is 1. The van der Waals surface area contributed by atoms with E-state index in [2.05, 4.69) is 11.5 Å². The Hall–Kier alpha value is -0.540. The summed E-state index contributed by atoms with van der Waals surface area (Å²) in [6.07, 6.45) is -6.08. The molecule has 3 nitrogen and oxygen atoms in total. The van der Waals surface area contributed by atoms with E-state index in [1.165, 1.54) is 0 Å². The van der Waals surface area contributed by atoms with Crippen molar-refractivity contribution in [3.63, 3.8) is 0 Å². The monoisotopic (exact) mass is 200 g/mol. The molecule has 0 aliphatic carbocycles. The van der Waals surface area contributed by atoms with Gasteiger partial charge >= 0.3 is 12.1 Å². The van der Waals surface area contributed by atoms with Crippen LogP contribution in [0, 0.1) is 0 Å². The van der Waals surface area contributed by atoms with Crippen LogP contribution in [0.25, 0.3) is 0 Å². The second-order valence-corrected chi connectivity index (χ2v) is 1.84. The van der Waals surface area contributed by atoms with Gasteiger partial charge in [-0.05, 0) is 0 Å². The lowest BCUT2D eigenvalue weighted by atomic mass is 10.2. The lowest BCUT2D eigenvalue weighted by molar-refractivity contribution is -0.325. The van der Waals surface area contributed by atoms with Gasteiger partial charge in [0.05, 0.1) is 0 Å². The van der Waals surface area contributed by atoms with Crippen LogP contribution in [0.5, 0.6) is 0 Å². The molecule has 0 aromatic rings.